The van der Waals surface area contributed by atoms with Gasteiger partial charge in [-0.1, -0.05) is 17.7 Å². The second-order valence-corrected chi connectivity index (χ2v) is 7.07. The molecule has 3 rings (SSSR count). The minimum absolute atomic E-state index is 0.0617. The number of nitrogens with one attached hydrogen (secondary N) is 1. The number of hydrogen-bond acceptors (Lipinski definition) is 5. The van der Waals surface area contributed by atoms with E-state index in [1.54, 1.807) is 6.20 Å². The lowest BCUT2D eigenvalue weighted by Crippen LogP contribution is -2.38. The van der Waals surface area contributed by atoms with Gasteiger partial charge in [-0.2, -0.15) is 0 Å². The Labute approximate surface area is 151 Å². The van der Waals surface area contributed by atoms with Gasteiger partial charge in [0.25, 0.3) is 5.91 Å². The van der Waals surface area contributed by atoms with Crippen LogP contribution in [0.15, 0.2) is 35.8 Å². The van der Waals surface area contributed by atoms with Crippen LogP contribution in [0.3, 0.4) is 0 Å². The normalized spacial score (nSPS) is 15.6. The number of aryl methyl sites for hydroxylation is 1. The predicted octanol–water partition coefficient (Wildman–Crippen LogP) is 2.24. The zero-order valence-electron chi connectivity index (χ0n) is 14.3. The summed E-state index contributed by atoms with van der Waals surface area (Å²) < 4.78 is 0. The fourth-order valence-electron chi connectivity index (χ4n) is 2.94. The number of benzene rings is 1. The highest BCUT2D eigenvalue weighted by Gasteiger charge is 2.21. The van der Waals surface area contributed by atoms with Crippen molar-refractivity contribution < 1.29 is 9.59 Å². The van der Waals surface area contributed by atoms with E-state index >= 15 is 0 Å². The Morgan fingerprint density at radius 3 is 2.88 bits per heavy atom. The second kappa shape index (κ2) is 8.22. The predicted molar refractivity (Wildman–Crippen MR) is 98.9 cm³/mol. The molecule has 0 radical (unpaired) electrons. The van der Waals surface area contributed by atoms with Crippen LogP contribution in [0, 0.1) is 6.92 Å². The van der Waals surface area contributed by atoms with Crippen molar-refractivity contribution in [3.63, 3.8) is 0 Å². The molecule has 2 amide bonds. The third-order valence-corrected chi connectivity index (χ3v) is 4.88. The molecule has 2 heterocycles. The molecule has 6 nitrogen and oxygen atoms in total. The van der Waals surface area contributed by atoms with E-state index in [2.05, 4.69) is 15.2 Å². The van der Waals surface area contributed by atoms with Crippen molar-refractivity contribution in [2.45, 2.75) is 13.3 Å². The van der Waals surface area contributed by atoms with Gasteiger partial charge in [0.1, 0.15) is 0 Å². The summed E-state index contributed by atoms with van der Waals surface area (Å²) in [5.74, 6) is 0.00574. The zero-order chi connectivity index (χ0) is 17.6. The first-order valence-electron chi connectivity index (χ1n) is 8.39. The van der Waals surface area contributed by atoms with Gasteiger partial charge in [0.15, 0.2) is 5.13 Å². The first-order chi connectivity index (χ1) is 12.1. The van der Waals surface area contributed by atoms with Crippen molar-refractivity contribution in [3.8, 4) is 0 Å². The molecule has 7 heteroatoms. The van der Waals surface area contributed by atoms with E-state index in [0.29, 0.717) is 24.8 Å². The van der Waals surface area contributed by atoms with Crippen molar-refractivity contribution in [1.29, 1.82) is 0 Å². The van der Waals surface area contributed by atoms with Crippen LogP contribution in [0.25, 0.3) is 0 Å². The summed E-state index contributed by atoms with van der Waals surface area (Å²) in [5.41, 5.74) is 1.82. The van der Waals surface area contributed by atoms with Gasteiger partial charge < -0.3 is 10.2 Å². The van der Waals surface area contributed by atoms with Gasteiger partial charge in [-0.05, 0) is 25.5 Å². The summed E-state index contributed by atoms with van der Waals surface area (Å²) >= 11 is 1.41. The molecule has 1 fully saturated rings. The van der Waals surface area contributed by atoms with Crippen molar-refractivity contribution in [2.75, 3.05) is 38.0 Å². The molecule has 0 aliphatic carbocycles. The highest BCUT2D eigenvalue weighted by Crippen LogP contribution is 2.12. The standard InChI is InChI=1S/C18H22N4O2S/c1-14-4-2-5-15(12-14)17(24)22-8-3-7-21(9-10-22)13-16(23)20-18-19-6-11-25-18/h2,4-6,11-12H,3,7-10,13H2,1H3,(H,19,20,23). The van der Waals surface area contributed by atoms with Crippen LogP contribution in [-0.2, 0) is 4.79 Å². The molecule has 1 N–H and O–H groups in total. The Kier molecular flexibility index (Phi) is 5.78. The molecular formula is C18H22N4O2S. The molecule has 1 aliphatic rings. The third-order valence-electron chi connectivity index (χ3n) is 4.19. The zero-order valence-corrected chi connectivity index (χ0v) is 15.1. The molecule has 25 heavy (non-hydrogen) atoms. The number of hydrogen-bond donors (Lipinski definition) is 1. The number of amides is 2. The summed E-state index contributed by atoms with van der Waals surface area (Å²) in [5, 5.41) is 5.25. The molecule has 0 bridgehead atoms. The number of nitrogens with zero attached hydrogens (tertiary/aromatic N) is 3. The summed E-state index contributed by atoms with van der Waals surface area (Å²) in [7, 11) is 0. The first kappa shape index (κ1) is 17.6. The minimum atomic E-state index is -0.0617. The van der Waals surface area contributed by atoms with Crippen molar-refractivity contribution in [3.05, 3.63) is 47.0 Å². The smallest absolute Gasteiger partial charge is 0.253 e. The van der Waals surface area contributed by atoms with Gasteiger partial charge >= 0.3 is 0 Å². The van der Waals surface area contributed by atoms with Crippen LogP contribution in [0.4, 0.5) is 5.13 Å². The van der Waals surface area contributed by atoms with Gasteiger partial charge in [0, 0.05) is 43.3 Å². The van der Waals surface area contributed by atoms with Gasteiger partial charge in [0.2, 0.25) is 5.91 Å². The lowest BCUT2D eigenvalue weighted by Gasteiger charge is -2.22. The molecule has 132 valence electrons. The maximum Gasteiger partial charge on any atom is 0.253 e. The second-order valence-electron chi connectivity index (χ2n) is 6.18. The lowest BCUT2D eigenvalue weighted by molar-refractivity contribution is -0.117. The van der Waals surface area contributed by atoms with Crippen molar-refractivity contribution >= 4 is 28.3 Å². The fraction of sp³-hybridized carbons (Fsp3) is 0.389. The highest BCUT2D eigenvalue weighted by atomic mass is 32.1. The molecule has 0 atom stereocenters. The van der Waals surface area contributed by atoms with Gasteiger partial charge in [-0.15, -0.1) is 11.3 Å². The van der Waals surface area contributed by atoms with Gasteiger partial charge in [-0.25, -0.2) is 4.98 Å². The summed E-state index contributed by atoms with van der Waals surface area (Å²) in [6.07, 6.45) is 2.53. The summed E-state index contributed by atoms with van der Waals surface area (Å²) in [6.45, 7) is 5.18. The monoisotopic (exact) mass is 358 g/mol. The van der Waals surface area contributed by atoms with Crippen LogP contribution >= 0.6 is 11.3 Å². The van der Waals surface area contributed by atoms with Crippen LogP contribution in [0.1, 0.15) is 22.3 Å². The van der Waals surface area contributed by atoms with Gasteiger partial charge in [-0.3, -0.25) is 14.5 Å². The van der Waals surface area contributed by atoms with Gasteiger partial charge in [0.05, 0.1) is 6.54 Å². The average molecular weight is 358 g/mol. The molecule has 0 saturated carbocycles. The molecule has 1 aliphatic heterocycles. The van der Waals surface area contributed by atoms with Crippen molar-refractivity contribution in [1.82, 2.24) is 14.8 Å². The van der Waals surface area contributed by atoms with Crippen molar-refractivity contribution in [2.24, 2.45) is 0 Å². The third kappa shape index (κ3) is 4.87. The number of rotatable bonds is 4. The summed E-state index contributed by atoms with van der Waals surface area (Å²) in [6, 6.07) is 7.68. The Bertz CT molecular complexity index is 732. The van der Waals surface area contributed by atoms with E-state index in [4.69, 9.17) is 0 Å². The Balaban J connectivity index is 1.53. The van der Waals surface area contributed by atoms with Crippen LogP contribution in [0.2, 0.25) is 0 Å². The SMILES string of the molecule is Cc1cccc(C(=O)N2CCCN(CC(=O)Nc3nccs3)CC2)c1. The van der Waals surface area contributed by atoms with E-state index < -0.39 is 0 Å². The number of aromatic nitrogens is 1. The quantitative estimate of drug-likeness (QED) is 0.910. The lowest BCUT2D eigenvalue weighted by atomic mass is 10.1. The molecule has 0 spiro atoms. The number of carbonyl (C=O) groups is 2. The maximum atomic E-state index is 12.7. The highest BCUT2D eigenvalue weighted by molar-refractivity contribution is 7.13. The number of thiazole rings is 1. The van der Waals surface area contributed by atoms with Crippen LogP contribution in [0.5, 0.6) is 0 Å². The molecule has 1 saturated heterocycles. The van der Waals surface area contributed by atoms with Crippen LogP contribution in [-0.4, -0.2) is 59.3 Å². The minimum Gasteiger partial charge on any atom is -0.337 e. The molecule has 1 aromatic heterocycles. The Morgan fingerprint density at radius 2 is 2.12 bits per heavy atom. The maximum absolute atomic E-state index is 12.7. The van der Waals surface area contributed by atoms with E-state index in [0.717, 1.165) is 30.6 Å². The molecule has 1 aromatic carbocycles. The topological polar surface area (TPSA) is 65.5 Å². The molecule has 0 unspecified atom stereocenters. The van der Waals surface area contributed by atoms with Crippen LogP contribution < -0.4 is 5.32 Å². The van der Waals surface area contributed by atoms with E-state index in [9.17, 15) is 9.59 Å². The van der Waals surface area contributed by atoms with E-state index in [-0.39, 0.29) is 11.8 Å². The Hall–Kier alpha value is -2.25. The largest absolute Gasteiger partial charge is 0.337 e. The summed E-state index contributed by atoms with van der Waals surface area (Å²) in [4.78, 5) is 32.8. The first-order valence-corrected chi connectivity index (χ1v) is 9.27. The average Bonchev–Trinajstić information content (AvgIpc) is 2.99. The number of anilines is 1. The Morgan fingerprint density at radius 1 is 1.24 bits per heavy atom. The molecular weight excluding hydrogens is 336 g/mol. The van der Waals surface area contributed by atoms with E-state index in [1.165, 1.54) is 11.3 Å². The van der Waals surface area contributed by atoms with E-state index in [1.807, 2.05) is 41.5 Å². The number of carbonyl (C=O) groups excluding carboxylic acids is 2. The fourth-order valence-corrected chi connectivity index (χ4v) is 3.48. The molecule has 2 aromatic rings.